The van der Waals surface area contributed by atoms with Gasteiger partial charge in [0.05, 0.1) is 19.1 Å². The van der Waals surface area contributed by atoms with E-state index in [4.69, 9.17) is 21.1 Å². The van der Waals surface area contributed by atoms with Crippen LogP contribution < -0.4 is 14.9 Å². The van der Waals surface area contributed by atoms with E-state index >= 15 is 0 Å². The molecule has 178 valence electrons. The smallest absolute Gasteiger partial charge is 0.250 e. The van der Waals surface area contributed by atoms with E-state index in [1.54, 1.807) is 31.5 Å². The van der Waals surface area contributed by atoms with Crippen LogP contribution in [0.2, 0.25) is 5.02 Å². The Balaban J connectivity index is 1.38. The van der Waals surface area contributed by atoms with E-state index in [9.17, 15) is 4.79 Å². The van der Waals surface area contributed by atoms with Crippen molar-refractivity contribution in [2.45, 2.75) is 11.5 Å². The van der Waals surface area contributed by atoms with Crippen molar-refractivity contribution < 1.29 is 14.3 Å². The fraction of sp³-hybridized carbons (Fsp3) is 0.111. The number of nitrogens with one attached hydrogen (secondary N) is 1. The molecule has 4 rings (SSSR count). The van der Waals surface area contributed by atoms with Gasteiger partial charge >= 0.3 is 0 Å². The molecule has 0 saturated heterocycles. The Morgan fingerprint density at radius 1 is 1.06 bits per heavy atom. The van der Waals surface area contributed by atoms with Gasteiger partial charge in [0.1, 0.15) is 6.61 Å². The van der Waals surface area contributed by atoms with Crippen LogP contribution in [0.3, 0.4) is 0 Å². The van der Waals surface area contributed by atoms with E-state index in [-0.39, 0.29) is 11.7 Å². The van der Waals surface area contributed by atoms with Crippen LogP contribution in [0, 0.1) is 0 Å². The monoisotopic (exact) mass is 568 g/mol. The molecule has 0 heterocycles. The zero-order valence-corrected chi connectivity index (χ0v) is 22.0. The number of amides is 1. The summed E-state index contributed by atoms with van der Waals surface area (Å²) in [5, 5.41) is 7.06. The Morgan fingerprint density at radius 3 is 2.63 bits per heavy atom. The number of benzene rings is 4. The van der Waals surface area contributed by atoms with Crippen molar-refractivity contribution in [2.24, 2.45) is 5.10 Å². The van der Waals surface area contributed by atoms with Crippen LogP contribution in [0.15, 0.2) is 93.3 Å². The molecule has 0 aromatic heterocycles. The molecule has 0 aliphatic heterocycles. The second-order valence-corrected chi connectivity index (χ2v) is 9.83. The van der Waals surface area contributed by atoms with Crippen LogP contribution in [0.4, 0.5) is 0 Å². The van der Waals surface area contributed by atoms with Gasteiger partial charge in [-0.05, 0) is 68.7 Å². The average Bonchev–Trinajstić information content (AvgIpc) is 2.88. The lowest BCUT2D eigenvalue weighted by molar-refractivity contribution is -0.118. The van der Waals surface area contributed by atoms with Crippen molar-refractivity contribution in [3.05, 3.63) is 99.5 Å². The van der Waals surface area contributed by atoms with E-state index < -0.39 is 0 Å². The Hall–Kier alpha value is -3.00. The summed E-state index contributed by atoms with van der Waals surface area (Å²) >= 11 is 10.8. The zero-order valence-electron chi connectivity index (χ0n) is 18.8. The van der Waals surface area contributed by atoms with Crippen LogP contribution >= 0.6 is 39.3 Å². The van der Waals surface area contributed by atoms with Gasteiger partial charge in [-0.15, -0.1) is 11.8 Å². The van der Waals surface area contributed by atoms with E-state index in [0.717, 1.165) is 25.9 Å². The van der Waals surface area contributed by atoms with Gasteiger partial charge in [-0.2, -0.15) is 5.10 Å². The number of nitrogens with zero attached hydrogens (tertiary/aromatic N) is 1. The molecule has 5 nitrogen and oxygen atoms in total. The van der Waals surface area contributed by atoms with Gasteiger partial charge < -0.3 is 9.47 Å². The fourth-order valence-corrected chi connectivity index (χ4v) is 4.62. The zero-order chi connectivity index (χ0) is 24.6. The number of rotatable bonds is 9. The van der Waals surface area contributed by atoms with E-state index in [1.165, 1.54) is 17.1 Å². The number of carbonyl (C=O) groups is 1. The first-order chi connectivity index (χ1) is 17.0. The van der Waals surface area contributed by atoms with Crippen molar-refractivity contribution in [1.29, 1.82) is 0 Å². The number of hydrogen-bond acceptors (Lipinski definition) is 5. The summed E-state index contributed by atoms with van der Waals surface area (Å²) in [7, 11) is 1.59. The van der Waals surface area contributed by atoms with E-state index in [0.29, 0.717) is 23.1 Å². The molecular formula is C27H22BrClN2O3S. The summed E-state index contributed by atoms with van der Waals surface area (Å²) in [5.74, 6) is 1.21. The Bertz CT molecular complexity index is 1360. The standard InChI is InChI=1S/C27H22BrClN2O3S/c1-33-25-13-20(15-30-31-27(32)17-35-22-11-9-21(29)10-12-22)24(28)14-26(25)34-16-19-7-4-6-18-5-2-3-8-23(18)19/h2-15H,16-17H2,1H3,(H,31,32)/b30-15-. The number of ether oxygens (including phenoxy) is 2. The minimum absolute atomic E-state index is 0.209. The van der Waals surface area contributed by atoms with Crippen LogP contribution in [-0.2, 0) is 11.4 Å². The molecule has 0 atom stereocenters. The third-order valence-electron chi connectivity index (χ3n) is 5.12. The quantitative estimate of drug-likeness (QED) is 0.133. The van der Waals surface area contributed by atoms with Gasteiger partial charge in [-0.3, -0.25) is 4.79 Å². The van der Waals surface area contributed by atoms with Crippen molar-refractivity contribution in [1.82, 2.24) is 5.43 Å². The molecule has 0 aliphatic carbocycles. The number of hydrogen-bond donors (Lipinski definition) is 1. The molecule has 1 N–H and O–H groups in total. The lowest BCUT2D eigenvalue weighted by Crippen LogP contribution is -2.19. The first kappa shape index (κ1) is 25.1. The number of thioether (sulfide) groups is 1. The van der Waals surface area contributed by atoms with Gasteiger partial charge in [0.2, 0.25) is 5.91 Å². The summed E-state index contributed by atoms with van der Waals surface area (Å²) in [6.07, 6.45) is 1.56. The highest BCUT2D eigenvalue weighted by atomic mass is 79.9. The Labute approximate surface area is 221 Å². The predicted molar refractivity (Wildman–Crippen MR) is 147 cm³/mol. The summed E-state index contributed by atoms with van der Waals surface area (Å²) < 4.78 is 12.4. The average molecular weight is 570 g/mol. The number of methoxy groups -OCH3 is 1. The topological polar surface area (TPSA) is 59.9 Å². The minimum atomic E-state index is -0.209. The summed E-state index contributed by atoms with van der Waals surface area (Å²) in [5.41, 5.74) is 4.38. The maximum Gasteiger partial charge on any atom is 0.250 e. The molecule has 0 saturated carbocycles. The third-order valence-corrected chi connectivity index (χ3v) is 7.07. The SMILES string of the molecule is COc1cc(/C=N\NC(=O)CSc2ccc(Cl)cc2)c(Br)cc1OCc1cccc2ccccc12. The van der Waals surface area contributed by atoms with Gasteiger partial charge in [0, 0.05) is 20.0 Å². The largest absolute Gasteiger partial charge is 0.493 e. The van der Waals surface area contributed by atoms with Crippen LogP contribution in [0.1, 0.15) is 11.1 Å². The fourth-order valence-electron chi connectivity index (χ4n) is 3.38. The molecule has 0 bridgehead atoms. The maximum absolute atomic E-state index is 12.1. The predicted octanol–water partition coefficient (Wildman–Crippen LogP) is 7.09. The lowest BCUT2D eigenvalue weighted by atomic mass is 10.1. The first-order valence-electron chi connectivity index (χ1n) is 10.7. The van der Waals surface area contributed by atoms with Gasteiger partial charge in [0.15, 0.2) is 11.5 Å². The summed E-state index contributed by atoms with van der Waals surface area (Å²) in [4.78, 5) is 13.1. The maximum atomic E-state index is 12.1. The lowest BCUT2D eigenvalue weighted by Gasteiger charge is -2.14. The van der Waals surface area contributed by atoms with Crippen molar-refractivity contribution in [3.63, 3.8) is 0 Å². The van der Waals surface area contributed by atoms with E-state index in [1.807, 2.05) is 36.4 Å². The van der Waals surface area contributed by atoms with Crippen molar-refractivity contribution in [3.8, 4) is 11.5 Å². The van der Waals surface area contributed by atoms with Gasteiger partial charge in [-0.1, -0.05) is 54.1 Å². The number of fused-ring (bicyclic) bond motifs is 1. The summed E-state index contributed by atoms with van der Waals surface area (Å²) in [6.45, 7) is 0.402. The first-order valence-corrected chi connectivity index (χ1v) is 12.9. The molecule has 4 aromatic rings. The number of halogens is 2. The molecule has 8 heteroatoms. The van der Waals surface area contributed by atoms with Crippen LogP contribution in [0.25, 0.3) is 10.8 Å². The summed E-state index contributed by atoms with van der Waals surface area (Å²) in [6, 6.07) is 25.3. The molecule has 0 unspecified atom stereocenters. The van der Waals surface area contributed by atoms with Crippen molar-refractivity contribution in [2.75, 3.05) is 12.9 Å². The highest BCUT2D eigenvalue weighted by Crippen LogP contribution is 2.34. The normalized spacial score (nSPS) is 11.1. The number of carbonyl (C=O) groups excluding carboxylic acids is 1. The highest BCUT2D eigenvalue weighted by molar-refractivity contribution is 9.10. The molecule has 0 fully saturated rings. The number of hydrazone groups is 1. The van der Waals surface area contributed by atoms with Gasteiger partial charge in [-0.25, -0.2) is 5.43 Å². The molecular weight excluding hydrogens is 548 g/mol. The van der Waals surface area contributed by atoms with Crippen molar-refractivity contribution >= 4 is 62.2 Å². The second-order valence-electron chi connectivity index (χ2n) is 7.49. The Kier molecular flexibility index (Phi) is 8.69. The third kappa shape index (κ3) is 6.78. The van der Waals surface area contributed by atoms with E-state index in [2.05, 4.69) is 50.7 Å². The van der Waals surface area contributed by atoms with Crippen LogP contribution in [0.5, 0.6) is 11.5 Å². The molecule has 1 amide bonds. The molecule has 4 aromatic carbocycles. The van der Waals surface area contributed by atoms with Gasteiger partial charge in [0.25, 0.3) is 0 Å². The highest BCUT2D eigenvalue weighted by Gasteiger charge is 2.11. The Morgan fingerprint density at radius 2 is 1.83 bits per heavy atom. The molecule has 0 aliphatic rings. The molecule has 0 spiro atoms. The van der Waals surface area contributed by atoms with Crippen LogP contribution in [-0.4, -0.2) is 25.0 Å². The second kappa shape index (κ2) is 12.1. The molecule has 0 radical (unpaired) electrons. The molecule has 35 heavy (non-hydrogen) atoms. The minimum Gasteiger partial charge on any atom is -0.493 e.